The number of hydrogen-bond donors (Lipinski definition) is 1. The Labute approximate surface area is 154 Å². The summed E-state index contributed by atoms with van der Waals surface area (Å²) >= 11 is 0. The van der Waals surface area contributed by atoms with Crippen LogP contribution in [-0.2, 0) is 13.2 Å². The minimum Gasteiger partial charge on any atom is -0.485 e. The molecule has 0 bridgehead atoms. The SMILES string of the molecule is Cc1nc(COc2ccc(CN3CCC4(CCNC4)C3)cc2)no1.Cl. The molecular weight excluding hydrogens is 340 g/mol. The molecule has 2 aliphatic rings. The first-order valence-corrected chi connectivity index (χ1v) is 8.65. The number of nitrogens with zero attached hydrogens (tertiary/aromatic N) is 3. The molecule has 2 saturated heterocycles. The van der Waals surface area contributed by atoms with Gasteiger partial charge in [0.15, 0.2) is 6.61 Å². The summed E-state index contributed by atoms with van der Waals surface area (Å²) in [7, 11) is 0. The summed E-state index contributed by atoms with van der Waals surface area (Å²) in [6.45, 7) is 7.91. The lowest BCUT2D eigenvalue weighted by Gasteiger charge is -2.22. The number of halogens is 1. The van der Waals surface area contributed by atoms with Crippen LogP contribution in [-0.4, -0.2) is 41.2 Å². The van der Waals surface area contributed by atoms with Crippen LogP contribution in [0, 0.1) is 12.3 Å². The predicted octanol–water partition coefficient (Wildman–Crippen LogP) is 2.56. The van der Waals surface area contributed by atoms with E-state index in [2.05, 4.69) is 32.5 Å². The molecule has 3 heterocycles. The zero-order valence-corrected chi connectivity index (χ0v) is 15.3. The largest absolute Gasteiger partial charge is 0.485 e. The smallest absolute Gasteiger partial charge is 0.223 e. The van der Waals surface area contributed by atoms with Gasteiger partial charge in [-0.25, -0.2) is 0 Å². The zero-order chi connectivity index (χ0) is 16.4. The summed E-state index contributed by atoms with van der Waals surface area (Å²) in [6, 6.07) is 8.33. The molecule has 7 heteroatoms. The van der Waals surface area contributed by atoms with Crippen LogP contribution in [0.15, 0.2) is 28.8 Å². The Kier molecular flexibility index (Phi) is 5.61. The first-order valence-electron chi connectivity index (χ1n) is 8.65. The van der Waals surface area contributed by atoms with Crippen LogP contribution >= 0.6 is 12.4 Å². The van der Waals surface area contributed by atoms with Gasteiger partial charge in [-0.2, -0.15) is 4.98 Å². The van der Waals surface area contributed by atoms with Gasteiger partial charge in [-0.3, -0.25) is 4.90 Å². The van der Waals surface area contributed by atoms with Crippen molar-refractivity contribution in [1.29, 1.82) is 0 Å². The standard InChI is InChI=1S/C18H24N4O2.ClH/c1-14-20-17(21-24-14)11-23-16-4-2-15(3-5-16)10-22-9-7-18(13-22)6-8-19-12-18;/h2-5,19H,6-13H2,1H3;1H. The number of ether oxygens (including phenoxy) is 1. The number of hydrogen-bond acceptors (Lipinski definition) is 6. The lowest BCUT2D eigenvalue weighted by atomic mass is 9.86. The number of nitrogens with one attached hydrogen (secondary N) is 1. The molecule has 0 saturated carbocycles. The molecule has 2 aliphatic heterocycles. The number of aryl methyl sites for hydroxylation is 1. The number of likely N-dealkylation sites (tertiary alicyclic amines) is 1. The maximum Gasteiger partial charge on any atom is 0.223 e. The minimum atomic E-state index is 0. The molecule has 6 nitrogen and oxygen atoms in total. The average Bonchev–Trinajstić information content (AvgIpc) is 3.31. The molecule has 1 spiro atoms. The fourth-order valence-electron chi connectivity index (χ4n) is 3.80. The van der Waals surface area contributed by atoms with E-state index in [9.17, 15) is 0 Å². The van der Waals surface area contributed by atoms with Gasteiger partial charge in [0, 0.05) is 26.6 Å². The van der Waals surface area contributed by atoms with Gasteiger partial charge in [-0.05, 0) is 49.0 Å². The molecule has 0 radical (unpaired) electrons. The highest BCUT2D eigenvalue weighted by Gasteiger charge is 2.39. The molecule has 0 amide bonds. The van der Waals surface area contributed by atoms with Crippen molar-refractivity contribution < 1.29 is 9.26 Å². The van der Waals surface area contributed by atoms with Crippen molar-refractivity contribution in [1.82, 2.24) is 20.4 Å². The minimum absolute atomic E-state index is 0. The molecule has 2 aromatic rings. The van der Waals surface area contributed by atoms with Gasteiger partial charge in [-0.15, -0.1) is 12.4 Å². The van der Waals surface area contributed by atoms with Crippen molar-refractivity contribution in [3.8, 4) is 5.75 Å². The van der Waals surface area contributed by atoms with Crippen LogP contribution in [0.1, 0.15) is 30.1 Å². The third kappa shape index (κ3) is 4.32. The van der Waals surface area contributed by atoms with Crippen LogP contribution in [0.3, 0.4) is 0 Å². The van der Waals surface area contributed by atoms with Gasteiger partial charge in [0.1, 0.15) is 5.75 Å². The van der Waals surface area contributed by atoms with Gasteiger partial charge >= 0.3 is 0 Å². The van der Waals surface area contributed by atoms with Crippen molar-refractivity contribution in [2.75, 3.05) is 26.2 Å². The highest BCUT2D eigenvalue weighted by Crippen LogP contribution is 2.36. The average molecular weight is 365 g/mol. The molecular formula is C18H25ClN4O2. The predicted molar refractivity (Wildman–Crippen MR) is 96.9 cm³/mol. The first kappa shape index (κ1) is 18.2. The van der Waals surface area contributed by atoms with Crippen molar-refractivity contribution >= 4 is 12.4 Å². The second kappa shape index (κ2) is 7.72. The molecule has 1 aromatic heterocycles. The summed E-state index contributed by atoms with van der Waals surface area (Å²) in [5.74, 6) is 1.97. The summed E-state index contributed by atoms with van der Waals surface area (Å²) in [5, 5.41) is 7.34. The van der Waals surface area contributed by atoms with E-state index in [1.165, 1.54) is 44.6 Å². The molecule has 0 aliphatic carbocycles. The topological polar surface area (TPSA) is 63.4 Å². The Morgan fingerprint density at radius 2 is 2.12 bits per heavy atom. The Balaban J connectivity index is 0.00000182. The fourth-order valence-corrected chi connectivity index (χ4v) is 3.80. The van der Waals surface area contributed by atoms with Crippen LogP contribution in [0.25, 0.3) is 0 Å². The fraction of sp³-hybridized carbons (Fsp3) is 0.556. The Bertz CT molecular complexity index is 683. The van der Waals surface area contributed by atoms with Gasteiger partial charge < -0.3 is 14.6 Å². The van der Waals surface area contributed by atoms with E-state index >= 15 is 0 Å². The lowest BCUT2D eigenvalue weighted by molar-refractivity contribution is 0.268. The van der Waals surface area contributed by atoms with Gasteiger partial charge in [0.25, 0.3) is 0 Å². The highest BCUT2D eigenvalue weighted by molar-refractivity contribution is 5.85. The van der Waals surface area contributed by atoms with E-state index in [0.29, 0.717) is 23.7 Å². The van der Waals surface area contributed by atoms with Crippen LogP contribution in [0.2, 0.25) is 0 Å². The molecule has 25 heavy (non-hydrogen) atoms. The van der Waals surface area contributed by atoms with E-state index in [0.717, 1.165) is 12.3 Å². The monoisotopic (exact) mass is 364 g/mol. The van der Waals surface area contributed by atoms with Gasteiger partial charge in [0.2, 0.25) is 11.7 Å². The molecule has 1 aromatic carbocycles. The van der Waals surface area contributed by atoms with Crippen molar-refractivity contribution in [3.05, 3.63) is 41.5 Å². The molecule has 1 atom stereocenters. The number of benzene rings is 1. The summed E-state index contributed by atoms with van der Waals surface area (Å²) < 4.78 is 10.6. The second-order valence-corrected chi connectivity index (χ2v) is 7.05. The number of aromatic nitrogens is 2. The van der Waals surface area contributed by atoms with E-state index in [-0.39, 0.29) is 12.4 Å². The van der Waals surface area contributed by atoms with E-state index < -0.39 is 0 Å². The molecule has 4 rings (SSSR count). The van der Waals surface area contributed by atoms with Crippen LogP contribution < -0.4 is 10.1 Å². The van der Waals surface area contributed by atoms with E-state index in [1.807, 2.05) is 12.1 Å². The lowest BCUT2D eigenvalue weighted by Crippen LogP contribution is -2.28. The summed E-state index contributed by atoms with van der Waals surface area (Å²) in [6.07, 6.45) is 2.65. The zero-order valence-electron chi connectivity index (χ0n) is 14.5. The molecule has 136 valence electrons. The van der Waals surface area contributed by atoms with E-state index in [4.69, 9.17) is 9.26 Å². The van der Waals surface area contributed by atoms with Crippen molar-refractivity contribution in [2.24, 2.45) is 5.41 Å². The Morgan fingerprint density at radius 3 is 2.80 bits per heavy atom. The molecule has 1 unspecified atom stereocenters. The van der Waals surface area contributed by atoms with Crippen LogP contribution in [0.4, 0.5) is 0 Å². The molecule has 1 N–H and O–H groups in total. The summed E-state index contributed by atoms with van der Waals surface area (Å²) in [5.41, 5.74) is 1.87. The first-order chi connectivity index (χ1) is 11.7. The number of rotatable bonds is 5. The van der Waals surface area contributed by atoms with Crippen LogP contribution in [0.5, 0.6) is 5.75 Å². The third-order valence-corrected chi connectivity index (χ3v) is 5.12. The Hall–Kier alpha value is -1.63. The van der Waals surface area contributed by atoms with Gasteiger partial charge in [0.05, 0.1) is 0 Å². The highest BCUT2D eigenvalue weighted by atomic mass is 35.5. The summed E-state index contributed by atoms with van der Waals surface area (Å²) in [4.78, 5) is 6.71. The van der Waals surface area contributed by atoms with E-state index in [1.54, 1.807) is 6.92 Å². The normalized spacial score (nSPS) is 23.1. The maximum atomic E-state index is 5.70. The van der Waals surface area contributed by atoms with Gasteiger partial charge in [-0.1, -0.05) is 17.3 Å². The maximum absolute atomic E-state index is 5.70. The van der Waals surface area contributed by atoms with Crippen molar-refractivity contribution in [2.45, 2.75) is 32.9 Å². The third-order valence-electron chi connectivity index (χ3n) is 5.12. The van der Waals surface area contributed by atoms with Crippen molar-refractivity contribution in [3.63, 3.8) is 0 Å². The second-order valence-electron chi connectivity index (χ2n) is 7.05. The quantitative estimate of drug-likeness (QED) is 0.879. The molecule has 2 fully saturated rings. The Morgan fingerprint density at radius 1 is 1.28 bits per heavy atom.